The van der Waals surface area contributed by atoms with E-state index in [4.69, 9.17) is 0 Å². The van der Waals surface area contributed by atoms with Crippen molar-refractivity contribution in [2.24, 2.45) is 34.5 Å². The molecule has 0 aromatic carbocycles. The van der Waals surface area contributed by atoms with E-state index in [0.29, 0.717) is 10.8 Å². The van der Waals surface area contributed by atoms with E-state index in [1.54, 1.807) is 12.8 Å². The van der Waals surface area contributed by atoms with Gasteiger partial charge in [0.2, 0.25) is 0 Å². The van der Waals surface area contributed by atoms with Gasteiger partial charge in [-0.15, -0.1) is 0 Å². The van der Waals surface area contributed by atoms with Crippen LogP contribution in [0.25, 0.3) is 0 Å². The molecule has 0 N–H and O–H groups in total. The molecule has 1 heteroatoms. The van der Waals surface area contributed by atoms with Crippen molar-refractivity contribution < 1.29 is 0 Å². The number of hydrogen-bond acceptors (Lipinski definition) is 1. The quantitative estimate of drug-likeness (QED) is 0.631. The number of hydrogen-bond donors (Lipinski definition) is 0. The summed E-state index contributed by atoms with van der Waals surface area (Å²) in [5.41, 5.74) is 1.32. The van der Waals surface area contributed by atoms with Crippen LogP contribution in [-0.4, -0.2) is 25.0 Å². The second-order valence-electron chi connectivity index (χ2n) is 10.0. The van der Waals surface area contributed by atoms with E-state index in [0.717, 1.165) is 29.7 Å². The molecule has 0 aromatic heterocycles. The summed E-state index contributed by atoms with van der Waals surface area (Å²) < 4.78 is 0. The van der Waals surface area contributed by atoms with Crippen LogP contribution in [0.15, 0.2) is 0 Å². The van der Waals surface area contributed by atoms with Crippen molar-refractivity contribution in [1.29, 1.82) is 0 Å². The summed E-state index contributed by atoms with van der Waals surface area (Å²) in [6.07, 6.45) is 15.2. The van der Waals surface area contributed by atoms with Gasteiger partial charge in [-0.2, -0.15) is 0 Å². The third kappa shape index (κ3) is 2.00. The highest BCUT2D eigenvalue weighted by Gasteiger charge is 2.59. The van der Waals surface area contributed by atoms with Crippen LogP contribution in [-0.2, 0) is 0 Å². The van der Waals surface area contributed by atoms with Crippen molar-refractivity contribution in [2.75, 3.05) is 14.1 Å². The molecule has 0 spiro atoms. The van der Waals surface area contributed by atoms with Gasteiger partial charge in [-0.1, -0.05) is 26.7 Å². The molecule has 0 radical (unpaired) electrons. The Morgan fingerprint density at radius 1 is 0.773 bits per heavy atom. The fourth-order valence-corrected chi connectivity index (χ4v) is 8.12. The second-order valence-corrected chi connectivity index (χ2v) is 10.0. The lowest BCUT2D eigenvalue weighted by Gasteiger charge is -2.63. The van der Waals surface area contributed by atoms with Crippen molar-refractivity contribution in [3.05, 3.63) is 0 Å². The van der Waals surface area contributed by atoms with Crippen molar-refractivity contribution in [3.63, 3.8) is 0 Å². The molecule has 126 valence electrons. The van der Waals surface area contributed by atoms with Gasteiger partial charge in [0.25, 0.3) is 0 Å². The van der Waals surface area contributed by atoms with Crippen molar-refractivity contribution >= 4 is 0 Å². The van der Waals surface area contributed by atoms with Crippen LogP contribution in [0.4, 0.5) is 0 Å². The molecule has 0 unspecified atom stereocenters. The van der Waals surface area contributed by atoms with Crippen molar-refractivity contribution in [1.82, 2.24) is 4.90 Å². The lowest BCUT2D eigenvalue weighted by Crippen LogP contribution is -2.60. The average Bonchev–Trinajstić information content (AvgIpc) is 2.87. The lowest BCUT2D eigenvalue weighted by atomic mass is 9.44. The SMILES string of the molecule is CN(C)[C@@H]1CCC[C@@H]2CC[C@H]3[C@@H]4CCC[C@@]4(C)CC[C@@H]3[C@]21C. The first-order valence-electron chi connectivity index (χ1n) is 10.1. The van der Waals surface area contributed by atoms with Gasteiger partial charge in [-0.05, 0) is 100.0 Å². The van der Waals surface area contributed by atoms with Crippen LogP contribution in [0.1, 0.15) is 78.1 Å². The Hall–Kier alpha value is -0.0400. The van der Waals surface area contributed by atoms with Crippen LogP contribution in [0.3, 0.4) is 0 Å². The van der Waals surface area contributed by atoms with Crippen molar-refractivity contribution in [2.45, 2.75) is 84.1 Å². The van der Waals surface area contributed by atoms with E-state index in [-0.39, 0.29) is 0 Å². The summed E-state index contributed by atoms with van der Waals surface area (Å²) in [4.78, 5) is 2.59. The fraction of sp³-hybridized carbons (Fsp3) is 1.00. The van der Waals surface area contributed by atoms with Gasteiger partial charge in [0.1, 0.15) is 0 Å². The van der Waals surface area contributed by atoms with Gasteiger partial charge in [0.05, 0.1) is 0 Å². The minimum atomic E-state index is 0.606. The van der Waals surface area contributed by atoms with E-state index < -0.39 is 0 Å². The number of rotatable bonds is 1. The minimum Gasteiger partial charge on any atom is -0.306 e. The van der Waals surface area contributed by atoms with E-state index in [9.17, 15) is 0 Å². The average molecular weight is 304 g/mol. The maximum atomic E-state index is 2.72. The minimum absolute atomic E-state index is 0.606. The van der Waals surface area contributed by atoms with Gasteiger partial charge < -0.3 is 4.90 Å². The Kier molecular flexibility index (Phi) is 3.68. The Morgan fingerprint density at radius 3 is 2.36 bits per heavy atom. The van der Waals surface area contributed by atoms with Gasteiger partial charge in [-0.25, -0.2) is 0 Å². The second kappa shape index (κ2) is 5.23. The lowest BCUT2D eigenvalue weighted by molar-refractivity contribution is -0.135. The summed E-state index contributed by atoms with van der Waals surface area (Å²) >= 11 is 0. The Balaban J connectivity index is 1.68. The molecule has 0 aliphatic heterocycles. The fourth-order valence-electron chi connectivity index (χ4n) is 8.12. The first kappa shape index (κ1) is 15.5. The van der Waals surface area contributed by atoms with Crippen LogP contribution in [0, 0.1) is 34.5 Å². The van der Waals surface area contributed by atoms with E-state index in [1.165, 1.54) is 51.4 Å². The third-order valence-corrected chi connectivity index (χ3v) is 9.12. The third-order valence-electron chi connectivity index (χ3n) is 9.12. The number of fused-ring (bicyclic) bond motifs is 5. The Morgan fingerprint density at radius 2 is 1.59 bits per heavy atom. The van der Waals surface area contributed by atoms with Crippen molar-refractivity contribution in [3.8, 4) is 0 Å². The summed E-state index contributed by atoms with van der Waals surface area (Å²) in [7, 11) is 4.70. The van der Waals surface area contributed by atoms with Gasteiger partial charge in [0.15, 0.2) is 0 Å². The zero-order chi connectivity index (χ0) is 15.5. The first-order valence-corrected chi connectivity index (χ1v) is 10.1. The molecule has 4 aliphatic rings. The van der Waals surface area contributed by atoms with Crippen LogP contribution in [0.2, 0.25) is 0 Å². The highest BCUT2D eigenvalue weighted by molar-refractivity contribution is 5.10. The van der Waals surface area contributed by atoms with E-state index in [1.807, 2.05) is 0 Å². The standard InChI is InChI=1S/C21H37N/c1-20-13-6-8-17(20)16-11-10-15-7-5-9-19(22(3)4)21(15,2)18(16)12-14-20/h15-19H,5-14H2,1-4H3/t15-,16+,17+,18+,19-,20+,21+/m1/s1. The Bertz CT molecular complexity index is 430. The van der Waals surface area contributed by atoms with Gasteiger partial charge in [0, 0.05) is 6.04 Å². The van der Waals surface area contributed by atoms with E-state index in [2.05, 4.69) is 32.8 Å². The predicted molar refractivity (Wildman–Crippen MR) is 93.8 cm³/mol. The predicted octanol–water partition coefficient (Wildman–Crippen LogP) is 5.35. The maximum Gasteiger partial charge on any atom is 0.0148 e. The molecule has 0 bridgehead atoms. The zero-order valence-electron chi connectivity index (χ0n) is 15.4. The molecule has 4 rings (SSSR count). The van der Waals surface area contributed by atoms with Gasteiger partial charge >= 0.3 is 0 Å². The summed E-state index contributed by atoms with van der Waals surface area (Å²) in [5.74, 6) is 4.16. The molecular formula is C21H37N. The molecule has 7 atom stereocenters. The zero-order valence-corrected chi connectivity index (χ0v) is 15.4. The number of nitrogens with zero attached hydrogens (tertiary/aromatic N) is 1. The monoisotopic (exact) mass is 303 g/mol. The van der Waals surface area contributed by atoms with Gasteiger partial charge in [-0.3, -0.25) is 0 Å². The highest BCUT2D eigenvalue weighted by atomic mass is 15.1. The molecule has 0 heterocycles. The molecule has 1 nitrogen and oxygen atoms in total. The largest absolute Gasteiger partial charge is 0.306 e. The highest BCUT2D eigenvalue weighted by Crippen LogP contribution is 2.66. The molecular weight excluding hydrogens is 266 g/mol. The molecule has 0 aromatic rings. The summed E-state index contributed by atoms with van der Waals surface area (Å²) in [6, 6.07) is 0.838. The molecule has 4 fully saturated rings. The molecule has 4 saturated carbocycles. The molecule has 0 saturated heterocycles. The molecule has 4 aliphatic carbocycles. The van der Waals surface area contributed by atoms with Crippen LogP contribution < -0.4 is 0 Å². The van der Waals surface area contributed by atoms with Crippen LogP contribution in [0.5, 0.6) is 0 Å². The first-order chi connectivity index (χ1) is 10.5. The molecule has 0 amide bonds. The van der Waals surface area contributed by atoms with E-state index >= 15 is 0 Å². The Labute approximate surface area is 138 Å². The van der Waals surface area contributed by atoms with Crippen LogP contribution >= 0.6 is 0 Å². The summed E-state index contributed by atoms with van der Waals surface area (Å²) in [5, 5.41) is 0. The topological polar surface area (TPSA) is 3.24 Å². The summed E-state index contributed by atoms with van der Waals surface area (Å²) in [6.45, 7) is 5.36. The smallest absolute Gasteiger partial charge is 0.0148 e. The molecule has 22 heavy (non-hydrogen) atoms. The maximum absolute atomic E-state index is 2.72. The normalized spacial score (nSPS) is 54.7.